The Kier molecular flexibility index (Phi) is 5.49. The first kappa shape index (κ1) is 18.6. The van der Waals surface area contributed by atoms with Gasteiger partial charge < -0.3 is 0 Å². The molecule has 0 aliphatic rings. The third-order valence-electron chi connectivity index (χ3n) is 3.85. The second-order valence-electron chi connectivity index (χ2n) is 6.13. The predicted octanol–water partition coefficient (Wildman–Crippen LogP) is 5.18. The zero-order valence-corrected chi connectivity index (χ0v) is 15.9. The maximum atomic E-state index is 12.2. The zero-order valence-electron chi connectivity index (χ0n) is 15.0. The van der Waals surface area contributed by atoms with Crippen molar-refractivity contribution >= 4 is 15.7 Å². The first-order valence-electron chi connectivity index (χ1n) is 8.36. The van der Waals surface area contributed by atoms with Crippen molar-refractivity contribution in [1.29, 1.82) is 0 Å². The van der Waals surface area contributed by atoms with E-state index < -0.39 is 10.0 Å². The molecule has 0 amide bonds. The molecule has 0 saturated heterocycles. The molecule has 0 fully saturated rings. The average molecular weight is 374 g/mol. The highest BCUT2D eigenvalue weighted by Crippen LogP contribution is 2.18. The second kappa shape index (κ2) is 7.98. The smallest absolute Gasteiger partial charge is 0.198 e. The molecule has 134 valence electrons. The maximum absolute atomic E-state index is 12.2. The van der Waals surface area contributed by atoms with E-state index in [4.69, 9.17) is 0 Å². The minimum atomic E-state index is -3.80. The lowest BCUT2D eigenvalue weighted by Gasteiger charge is -1.98. The molecule has 27 heavy (non-hydrogen) atoms. The van der Waals surface area contributed by atoms with Gasteiger partial charge in [-0.3, -0.25) is 0 Å². The van der Waals surface area contributed by atoms with E-state index in [2.05, 4.69) is 21.5 Å². The fourth-order valence-electron chi connectivity index (χ4n) is 2.25. The van der Waals surface area contributed by atoms with Gasteiger partial charge in [-0.15, -0.1) is 5.11 Å². The summed E-state index contributed by atoms with van der Waals surface area (Å²) in [6.45, 7) is 3.92. The van der Waals surface area contributed by atoms with Crippen molar-refractivity contribution < 1.29 is 8.42 Å². The molecule has 5 heteroatoms. The molecule has 4 nitrogen and oxygen atoms in total. The molecule has 0 aliphatic heterocycles. The molecular weight excluding hydrogens is 356 g/mol. The molecule has 3 aromatic carbocycles. The van der Waals surface area contributed by atoms with Gasteiger partial charge in [0, 0.05) is 11.1 Å². The normalized spacial score (nSPS) is 11.2. The van der Waals surface area contributed by atoms with Gasteiger partial charge in [-0.05, 0) is 62.4 Å². The average Bonchev–Trinajstić information content (AvgIpc) is 2.67. The monoisotopic (exact) mass is 374 g/mol. The van der Waals surface area contributed by atoms with Gasteiger partial charge in [0.15, 0.2) is 0 Å². The van der Waals surface area contributed by atoms with Gasteiger partial charge in [-0.25, -0.2) is 0 Å². The Labute approximate surface area is 159 Å². The molecular formula is C22H18N2O2S. The van der Waals surface area contributed by atoms with E-state index in [1.165, 1.54) is 17.7 Å². The lowest BCUT2D eigenvalue weighted by Crippen LogP contribution is -1.95. The Morgan fingerprint density at radius 3 is 1.63 bits per heavy atom. The molecule has 0 radical (unpaired) electrons. The SMILES string of the molecule is Cc1ccc(C#Cc2ccc(N=NS(=O)(=O)c3ccc(C)cc3)cc2)cc1. The summed E-state index contributed by atoms with van der Waals surface area (Å²) in [4.78, 5) is 0.123. The van der Waals surface area contributed by atoms with E-state index in [9.17, 15) is 8.42 Å². The summed E-state index contributed by atoms with van der Waals surface area (Å²) in [5.74, 6) is 6.16. The maximum Gasteiger partial charge on any atom is 0.299 e. The zero-order chi connectivity index (χ0) is 19.3. The Bertz CT molecular complexity index is 1120. The van der Waals surface area contributed by atoms with Crippen LogP contribution in [-0.4, -0.2) is 8.42 Å². The van der Waals surface area contributed by atoms with E-state index in [0.29, 0.717) is 5.69 Å². The van der Waals surface area contributed by atoms with Crippen LogP contribution in [0.15, 0.2) is 87.3 Å². The molecule has 0 atom stereocenters. The van der Waals surface area contributed by atoms with Gasteiger partial charge in [0.2, 0.25) is 0 Å². The molecule has 3 rings (SSSR count). The van der Waals surface area contributed by atoms with Gasteiger partial charge in [-0.2, -0.15) is 8.42 Å². The number of sulfonamides is 1. The molecule has 0 spiro atoms. The minimum absolute atomic E-state index is 0.123. The largest absolute Gasteiger partial charge is 0.299 e. The summed E-state index contributed by atoms with van der Waals surface area (Å²) in [7, 11) is -3.80. The van der Waals surface area contributed by atoms with Gasteiger partial charge in [-0.1, -0.05) is 51.8 Å². The van der Waals surface area contributed by atoms with E-state index in [0.717, 1.165) is 16.7 Å². The quantitative estimate of drug-likeness (QED) is 0.469. The van der Waals surface area contributed by atoms with Crippen LogP contribution in [0.1, 0.15) is 22.3 Å². The molecule has 0 N–H and O–H groups in total. The Hall–Kier alpha value is -3.23. The van der Waals surface area contributed by atoms with E-state index in [1.54, 1.807) is 36.4 Å². The summed E-state index contributed by atoms with van der Waals surface area (Å²) in [5, 5.41) is 3.83. The lowest BCUT2D eigenvalue weighted by atomic mass is 10.1. The van der Waals surface area contributed by atoms with Crippen LogP contribution in [0.4, 0.5) is 5.69 Å². The van der Waals surface area contributed by atoms with E-state index >= 15 is 0 Å². The summed E-state index contributed by atoms with van der Waals surface area (Å²) in [5.41, 5.74) is 4.38. The highest BCUT2D eigenvalue weighted by atomic mass is 32.2. The molecule has 3 aromatic rings. The van der Waals surface area contributed by atoms with Crippen LogP contribution in [0.2, 0.25) is 0 Å². The summed E-state index contributed by atoms with van der Waals surface area (Å²) >= 11 is 0. The fraction of sp³-hybridized carbons (Fsp3) is 0.0909. The lowest BCUT2D eigenvalue weighted by molar-refractivity contribution is 0.595. The molecule has 0 aromatic heterocycles. The Balaban J connectivity index is 1.73. The predicted molar refractivity (Wildman–Crippen MR) is 106 cm³/mol. The number of aryl methyl sites for hydroxylation is 2. The van der Waals surface area contributed by atoms with E-state index in [1.807, 2.05) is 38.1 Å². The van der Waals surface area contributed by atoms with Crippen molar-refractivity contribution in [3.8, 4) is 11.8 Å². The Morgan fingerprint density at radius 1 is 0.667 bits per heavy atom. The molecule has 0 unspecified atom stereocenters. The summed E-state index contributed by atoms with van der Waals surface area (Å²) in [6.07, 6.45) is 0. The first-order valence-corrected chi connectivity index (χ1v) is 9.80. The number of benzene rings is 3. The number of nitrogens with zero attached hydrogens (tertiary/aromatic N) is 2. The second-order valence-corrected chi connectivity index (χ2v) is 7.72. The van der Waals surface area contributed by atoms with Crippen molar-refractivity contribution in [2.75, 3.05) is 0 Å². The van der Waals surface area contributed by atoms with Gasteiger partial charge in [0.1, 0.15) is 0 Å². The van der Waals surface area contributed by atoms with Crippen LogP contribution in [0.3, 0.4) is 0 Å². The topological polar surface area (TPSA) is 58.9 Å². The van der Waals surface area contributed by atoms with Crippen LogP contribution in [0.5, 0.6) is 0 Å². The van der Waals surface area contributed by atoms with Crippen LogP contribution in [-0.2, 0) is 10.0 Å². The van der Waals surface area contributed by atoms with Crippen molar-refractivity contribution in [2.24, 2.45) is 9.63 Å². The van der Waals surface area contributed by atoms with Gasteiger partial charge in [0.05, 0.1) is 10.6 Å². The molecule has 0 bridgehead atoms. The number of rotatable bonds is 3. The summed E-state index contributed by atoms with van der Waals surface area (Å²) in [6, 6.07) is 21.4. The minimum Gasteiger partial charge on any atom is -0.198 e. The number of hydrogen-bond acceptors (Lipinski definition) is 3. The highest BCUT2D eigenvalue weighted by Gasteiger charge is 2.12. The number of hydrogen-bond donors (Lipinski definition) is 0. The van der Waals surface area contributed by atoms with Crippen LogP contribution in [0.25, 0.3) is 0 Å². The van der Waals surface area contributed by atoms with Crippen molar-refractivity contribution in [2.45, 2.75) is 18.7 Å². The van der Waals surface area contributed by atoms with Crippen molar-refractivity contribution in [3.63, 3.8) is 0 Å². The van der Waals surface area contributed by atoms with E-state index in [-0.39, 0.29) is 4.90 Å². The summed E-state index contributed by atoms with van der Waals surface area (Å²) < 4.78 is 27.9. The Morgan fingerprint density at radius 2 is 1.11 bits per heavy atom. The van der Waals surface area contributed by atoms with Crippen LogP contribution >= 0.6 is 0 Å². The van der Waals surface area contributed by atoms with Crippen molar-refractivity contribution in [3.05, 3.63) is 95.1 Å². The third-order valence-corrected chi connectivity index (χ3v) is 5.02. The first-order chi connectivity index (χ1) is 12.9. The van der Waals surface area contributed by atoms with Gasteiger partial charge in [0.25, 0.3) is 10.0 Å². The third kappa shape index (κ3) is 5.13. The van der Waals surface area contributed by atoms with Crippen LogP contribution in [0, 0.1) is 25.7 Å². The fourth-order valence-corrected chi connectivity index (χ4v) is 3.03. The highest BCUT2D eigenvalue weighted by molar-refractivity contribution is 7.90. The molecule has 0 saturated carbocycles. The van der Waals surface area contributed by atoms with Gasteiger partial charge >= 0.3 is 0 Å². The molecule has 0 aliphatic carbocycles. The van der Waals surface area contributed by atoms with Crippen LogP contribution < -0.4 is 0 Å². The molecule has 0 heterocycles. The van der Waals surface area contributed by atoms with Crippen molar-refractivity contribution in [1.82, 2.24) is 0 Å². The standard InChI is InChI=1S/C22H18N2O2S/c1-17-3-7-19(8-4-17)9-10-20-11-13-21(14-12-20)23-24-27(25,26)22-15-5-18(2)6-16-22/h3-8,11-16H,1-2H3.